The standard InChI is InChI=1S/C16H20N2O2/c1-11-3-2-4-14(9-11)20-10-15(19)17-18-16(12-5-6-12)13-7-8-13/h2-4,9,12-13H,5-8,10H2,1H3,(H,17,19). The maximum atomic E-state index is 11.7. The lowest BCUT2D eigenvalue weighted by Gasteiger charge is -2.07. The number of hydrogen-bond acceptors (Lipinski definition) is 3. The molecule has 1 N–H and O–H groups in total. The molecule has 1 amide bonds. The first-order valence-electron chi connectivity index (χ1n) is 7.28. The number of aryl methyl sites for hydroxylation is 1. The smallest absolute Gasteiger partial charge is 0.277 e. The SMILES string of the molecule is Cc1cccc(OCC(=O)NN=C(C2CC2)C2CC2)c1. The zero-order valence-electron chi connectivity index (χ0n) is 11.8. The van der Waals surface area contributed by atoms with Gasteiger partial charge in [0.1, 0.15) is 5.75 Å². The summed E-state index contributed by atoms with van der Waals surface area (Å²) in [6.45, 7) is 2.00. The lowest BCUT2D eigenvalue weighted by molar-refractivity contribution is -0.123. The van der Waals surface area contributed by atoms with Crippen LogP contribution in [0.2, 0.25) is 0 Å². The van der Waals surface area contributed by atoms with Crippen LogP contribution in [0.1, 0.15) is 31.2 Å². The van der Waals surface area contributed by atoms with Crippen molar-refractivity contribution < 1.29 is 9.53 Å². The fourth-order valence-electron chi connectivity index (χ4n) is 2.29. The van der Waals surface area contributed by atoms with Crippen molar-refractivity contribution in [3.63, 3.8) is 0 Å². The van der Waals surface area contributed by atoms with Crippen LogP contribution in [0.15, 0.2) is 29.4 Å². The first-order valence-corrected chi connectivity index (χ1v) is 7.28. The molecule has 20 heavy (non-hydrogen) atoms. The Morgan fingerprint density at radius 1 is 1.30 bits per heavy atom. The Kier molecular flexibility index (Phi) is 3.72. The molecular weight excluding hydrogens is 252 g/mol. The molecule has 0 aliphatic heterocycles. The number of carbonyl (C=O) groups excluding carboxylic acids is 1. The fourth-order valence-corrected chi connectivity index (χ4v) is 2.29. The number of carbonyl (C=O) groups is 1. The zero-order valence-corrected chi connectivity index (χ0v) is 11.8. The third-order valence-electron chi connectivity index (χ3n) is 3.66. The molecule has 0 spiro atoms. The van der Waals surface area contributed by atoms with E-state index in [4.69, 9.17) is 4.74 Å². The van der Waals surface area contributed by atoms with Gasteiger partial charge >= 0.3 is 0 Å². The minimum atomic E-state index is -0.190. The first-order chi connectivity index (χ1) is 9.72. The summed E-state index contributed by atoms with van der Waals surface area (Å²) < 4.78 is 5.45. The normalized spacial score (nSPS) is 17.4. The van der Waals surface area contributed by atoms with E-state index in [0.717, 1.165) is 5.56 Å². The third kappa shape index (κ3) is 3.59. The molecule has 106 valence electrons. The zero-order chi connectivity index (χ0) is 13.9. The van der Waals surface area contributed by atoms with Gasteiger partial charge in [0.15, 0.2) is 6.61 Å². The lowest BCUT2D eigenvalue weighted by Crippen LogP contribution is -2.26. The lowest BCUT2D eigenvalue weighted by atomic mass is 10.2. The van der Waals surface area contributed by atoms with E-state index < -0.39 is 0 Å². The summed E-state index contributed by atoms with van der Waals surface area (Å²) >= 11 is 0. The number of nitrogens with one attached hydrogen (secondary N) is 1. The van der Waals surface area contributed by atoms with Gasteiger partial charge in [-0.2, -0.15) is 5.10 Å². The minimum Gasteiger partial charge on any atom is -0.484 e. The van der Waals surface area contributed by atoms with Crippen molar-refractivity contribution in [3.05, 3.63) is 29.8 Å². The Hall–Kier alpha value is -1.84. The molecule has 1 aromatic carbocycles. The van der Waals surface area contributed by atoms with E-state index in [1.807, 2.05) is 31.2 Å². The summed E-state index contributed by atoms with van der Waals surface area (Å²) in [5.74, 6) is 1.78. The molecule has 0 unspecified atom stereocenters. The summed E-state index contributed by atoms with van der Waals surface area (Å²) in [6, 6.07) is 7.67. The number of nitrogens with zero attached hydrogens (tertiary/aromatic N) is 1. The van der Waals surface area contributed by atoms with E-state index in [-0.39, 0.29) is 12.5 Å². The van der Waals surface area contributed by atoms with Crippen molar-refractivity contribution in [2.75, 3.05) is 6.61 Å². The van der Waals surface area contributed by atoms with Crippen molar-refractivity contribution in [3.8, 4) is 5.75 Å². The van der Waals surface area contributed by atoms with Crippen molar-refractivity contribution in [1.29, 1.82) is 0 Å². The number of ether oxygens (including phenoxy) is 1. The van der Waals surface area contributed by atoms with Gasteiger partial charge in [0.2, 0.25) is 0 Å². The van der Waals surface area contributed by atoms with Crippen LogP contribution in [0.25, 0.3) is 0 Å². The van der Waals surface area contributed by atoms with E-state index in [0.29, 0.717) is 17.6 Å². The maximum Gasteiger partial charge on any atom is 0.277 e. The highest BCUT2D eigenvalue weighted by Crippen LogP contribution is 2.41. The molecule has 0 atom stereocenters. The maximum absolute atomic E-state index is 11.7. The van der Waals surface area contributed by atoms with Crippen LogP contribution in [-0.2, 0) is 4.79 Å². The fraction of sp³-hybridized carbons (Fsp3) is 0.500. The molecule has 1 aromatic rings. The van der Waals surface area contributed by atoms with Gasteiger partial charge in [-0.15, -0.1) is 0 Å². The summed E-state index contributed by atoms with van der Waals surface area (Å²) in [5, 5.41) is 4.31. The minimum absolute atomic E-state index is 0.00949. The molecule has 2 fully saturated rings. The molecule has 0 saturated heterocycles. The van der Waals surface area contributed by atoms with Gasteiger partial charge in [-0.05, 0) is 62.1 Å². The van der Waals surface area contributed by atoms with Gasteiger partial charge in [-0.3, -0.25) is 4.79 Å². The van der Waals surface area contributed by atoms with Gasteiger partial charge in [0.25, 0.3) is 5.91 Å². The number of hydrogen-bond donors (Lipinski definition) is 1. The molecule has 4 nitrogen and oxygen atoms in total. The highest BCUT2D eigenvalue weighted by molar-refractivity contribution is 5.93. The molecule has 4 heteroatoms. The third-order valence-corrected chi connectivity index (χ3v) is 3.66. The van der Waals surface area contributed by atoms with Gasteiger partial charge in [0, 0.05) is 5.71 Å². The highest BCUT2D eigenvalue weighted by atomic mass is 16.5. The van der Waals surface area contributed by atoms with E-state index in [1.54, 1.807) is 0 Å². The van der Waals surface area contributed by atoms with E-state index in [1.165, 1.54) is 31.4 Å². The molecule has 2 aliphatic rings. The van der Waals surface area contributed by atoms with Crippen molar-refractivity contribution in [2.24, 2.45) is 16.9 Å². The number of benzene rings is 1. The van der Waals surface area contributed by atoms with E-state index in [2.05, 4.69) is 10.5 Å². The predicted octanol–water partition coefficient (Wildman–Crippen LogP) is 2.67. The van der Waals surface area contributed by atoms with Crippen LogP contribution >= 0.6 is 0 Å². The molecule has 2 aliphatic carbocycles. The van der Waals surface area contributed by atoms with E-state index >= 15 is 0 Å². The van der Waals surface area contributed by atoms with Gasteiger partial charge in [-0.25, -0.2) is 5.43 Å². The van der Waals surface area contributed by atoms with Crippen LogP contribution in [0.3, 0.4) is 0 Å². The monoisotopic (exact) mass is 272 g/mol. The molecule has 0 bridgehead atoms. The second kappa shape index (κ2) is 5.65. The Morgan fingerprint density at radius 2 is 2.00 bits per heavy atom. The summed E-state index contributed by atoms with van der Waals surface area (Å²) in [4.78, 5) is 11.7. The number of rotatable bonds is 6. The predicted molar refractivity (Wildman–Crippen MR) is 77.7 cm³/mol. The van der Waals surface area contributed by atoms with Crippen LogP contribution in [0.4, 0.5) is 0 Å². The average molecular weight is 272 g/mol. The van der Waals surface area contributed by atoms with Gasteiger partial charge in [-0.1, -0.05) is 12.1 Å². The second-order valence-corrected chi connectivity index (χ2v) is 5.73. The van der Waals surface area contributed by atoms with Crippen LogP contribution < -0.4 is 10.2 Å². The molecular formula is C16H20N2O2. The topological polar surface area (TPSA) is 50.7 Å². The second-order valence-electron chi connectivity index (χ2n) is 5.73. The van der Waals surface area contributed by atoms with Crippen LogP contribution in [-0.4, -0.2) is 18.2 Å². The molecule has 0 heterocycles. The van der Waals surface area contributed by atoms with Crippen molar-refractivity contribution in [2.45, 2.75) is 32.6 Å². The van der Waals surface area contributed by atoms with Crippen molar-refractivity contribution >= 4 is 11.6 Å². The molecule has 0 aromatic heterocycles. The Labute approximate surface area is 119 Å². The summed E-state index contributed by atoms with van der Waals surface area (Å²) in [5.41, 5.74) is 4.95. The molecule has 2 saturated carbocycles. The van der Waals surface area contributed by atoms with Crippen LogP contribution in [0.5, 0.6) is 5.75 Å². The van der Waals surface area contributed by atoms with Crippen LogP contribution in [0, 0.1) is 18.8 Å². The van der Waals surface area contributed by atoms with Gasteiger partial charge in [0.05, 0.1) is 0 Å². The Balaban J connectivity index is 1.48. The van der Waals surface area contributed by atoms with E-state index in [9.17, 15) is 4.79 Å². The summed E-state index contributed by atoms with van der Waals surface area (Å²) in [6.07, 6.45) is 4.91. The Bertz CT molecular complexity index is 517. The molecule has 0 radical (unpaired) electrons. The Morgan fingerprint density at radius 3 is 2.60 bits per heavy atom. The highest BCUT2D eigenvalue weighted by Gasteiger charge is 2.38. The first kappa shape index (κ1) is 13.2. The number of amides is 1. The number of hydrazone groups is 1. The van der Waals surface area contributed by atoms with Gasteiger partial charge < -0.3 is 4.74 Å². The molecule has 3 rings (SSSR count). The largest absolute Gasteiger partial charge is 0.484 e. The quantitative estimate of drug-likeness (QED) is 0.639. The average Bonchev–Trinajstić information content (AvgIpc) is 3.29. The van der Waals surface area contributed by atoms with Crippen molar-refractivity contribution in [1.82, 2.24) is 5.43 Å². The summed E-state index contributed by atoms with van der Waals surface area (Å²) in [7, 11) is 0.